The zero-order valence-electron chi connectivity index (χ0n) is 12.6. The van der Waals surface area contributed by atoms with Crippen molar-refractivity contribution in [1.82, 2.24) is 5.32 Å². The second kappa shape index (κ2) is 8.12. The summed E-state index contributed by atoms with van der Waals surface area (Å²) in [5.74, 6) is 0.771. The molecule has 0 amide bonds. The predicted molar refractivity (Wildman–Crippen MR) is 75.9 cm³/mol. The predicted octanol–water partition coefficient (Wildman–Crippen LogP) is 4.09. The molecule has 0 heterocycles. The standard InChI is InChI=1S/C15H22F3NO2/c1-4-8-19-11(2)12-5-6-13(14(10-12)20-3)21-9-7-15(16,17)18/h5-6,10-11,19H,4,7-9H2,1-3H3. The molecule has 0 aliphatic rings. The average Bonchev–Trinajstić information content (AvgIpc) is 2.43. The van der Waals surface area contributed by atoms with E-state index in [1.54, 1.807) is 12.1 Å². The number of hydrogen-bond donors (Lipinski definition) is 1. The minimum Gasteiger partial charge on any atom is -0.493 e. The van der Waals surface area contributed by atoms with Crippen LogP contribution in [0.1, 0.15) is 38.3 Å². The second-order valence-electron chi connectivity index (χ2n) is 4.80. The van der Waals surface area contributed by atoms with Crippen molar-refractivity contribution in [1.29, 1.82) is 0 Å². The van der Waals surface area contributed by atoms with Gasteiger partial charge in [-0.15, -0.1) is 0 Å². The summed E-state index contributed by atoms with van der Waals surface area (Å²) in [5.41, 5.74) is 1.00. The Morgan fingerprint density at radius 2 is 1.95 bits per heavy atom. The first-order valence-electron chi connectivity index (χ1n) is 6.98. The van der Waals surface area contributed by atoms with Crippen LogP contribution in [-0.2, 0) is 0 Å². The number of halogens is 3. The third kappa shape index (κ3) is 6.25. The molecule has 0 aliphatic carbocycles. The van der Waals surface area contributed by atoms with Gasteiger partial charge in [0.05, 0.1) is 20.1 Å². The summed E-state index contributed by atoms with van der Waals surface area (Å²) in [5, 5.41) is 3.34. The molecule has 0 aromatic heterocycles. The fourth-order valence-corrected chi connectivity index (χ4v) is 1.83. The quantitative estimate of drug-likeness (QED) is 0.785. The van der Waals surface area contributed by atoms with E-state index in [9.17, 15) is 13.2 Å². The third-order valence-corrected chi connectivity index (χ3v) is 3.03. The first-order chi connectivity index (χ1) is 9.87. The lowest BCUT2D eigenvalue weighted by atomic mass is 10.1. The summed E-state index contributed by atoms with van der Waals surface area (Å²) in [6.07, 6.45) is -4.17. The maximum absolute atomic E-state index is 12.1. The van der Waals surface area contributed by atoms with E-state index in [1.807, 2.05) is 13.0 Å². The fraction of sp³-hybridized carbons (Fsp3) is 0.600. The highest BCUT2D eigenvalue weighted by molar-refractivity contribution is 5.43. The number of benzene rings is 1. The minimum atomic E-state index is -4.22. The molecule has 6 heteroatoms. The van der Waals surface area contributed by atoms with E-state index in [0.29, 0.717) is 11.5 Å². The van der Waals surface area contributed by atoms with Gasteiger partial charge in [-0.05, 0) is 37.6 Å². The molecule has 1 unspecified atom stereocenters. The Hall–Kier alpha value is -1.43. The lowest BCUT2D eigenvalue weighted by Gasteiger charge is -2.17. The van der Waals surface area contributed by atoms with Crippen molar-refractivity contribution in [2.75, 3.05) is 20.3 Å². The Morgan fingerprint density at radius 3 is 2.52 bits per heavy atom. The first kappa shape index (κ1) is 17.6. The second-order valence-corrected chi connectivity index (χ2v) is 4.80. The molecule has 3 nitrogen and oxygen atoms in total. The molecule has 1 atom stereocenters. The molecule has 0 spiro atoms. The summed E-state index contributed by atoms with van der Waals surface area (Å²) in [4.78, 5) is 0. The van der Waals surface area contributed by atoms with Gasteiger partial charge in [0.15, 0.2) is 11.5 Å². The molecular weight excluding hydrogens is 283 g/mol. The molecule has 0 bridgehead atoms. The molecule has 0 aliphatic heterocycles. The van der Waals surface area contributed by atoms with Gasteiger partial charge in [0.1, 0.15) is 0 Å². The normalized spacial score (nSPS) is 13.0. The lowest BCUT2D eigenvalue weighted by Crippen LogP contribution is -2.19. The summed E-state index contributed by atoms with van der Waals surface area (Å²) in [6.45, 7) is 4.59. The Balaban J connectivity index is 2.70. The van der Waals surface area contributed by atoms with Crippen molar-refractivity contribution in [3.8, 4) is 11.5 Å². The van der Waals surface area contributed by atoms with Crippen molar-refractivity contribution in [3.63, 3.8) is 0 Å². The highest BCUT2D eigenvalue weighted by atomic mass is 19.4. The number of ether oxygens (including phenoxy) is 2. The van der Waals surface area contributed by atoms with Gasteiger partial charge in [-0.3, -0.25) is 0 Å². The average molecular weight is 305 g/mol. The lowest BCUT2D eigenvalue weighted by molar-refractivity contribution is -0.139. The maximum Gasteiger partial charge on any atom is 0.392 e. The molecule has 0 saturated carbocycles. The van der Waals surface area contributed by atoms with E-state index < -0.39 is 19.2 Å². The van der Waals surface area contributed by atoms with E-state index >= 15 is 0 Å². The zero-order valence-corrected chi connectivity index (χ0v) is 12.6. The Morgan fingerprint density at radius 1 is 1.24 bits per heavy atom. The molecule has 21 heavy (non-hydrogen) atoms. The van der Waals surface area contributed by atoms with Crippen molar-refractivity contribution in [2.24, 2.45) is 0 Å². The van der Waals surface area contributed by atoms with Crippen LogP contribution in [0.5, 0.6) is 11.5 Å². The molecule has 0 fully saturated rings. The van der Waals surface area contributed by atoms with Gasteiger partial charge in [0, 0.05) is 6.04 Å². The Kier molecular flexibility index (Phi) is 6.81. The minimum absolute atomic E-state index is 0.142. The summed E-state index contributed by atoms with van der Waals surface area (Å²) >= 11 is 0. The van der Waals surface area contributed by atoms with Crippen LogP contribution in [0.25, 0.3) is 0 Å². The summed E-state index contributed by atoms with van der Waals surface area (Å²) in [7, 11) is 1.47. The van der Waals surface area contributed by atoms with E-state index in [1.165, 1.54) is 7.11 Å². The molecule has 120 valence electrons. The van der Waals surface area contributed by atoms with Crippen molar-refractivity contribution < 1.29 is 22.6 Å². The monoisotopic (exact) mass is 305 g/mol. The fourth-order valence-electron chi connectivity index (χ4n) is 1.83. The number of rotatable bonds is 8. The smallest absolute Gasteiger partial charge is 0.392 e. The van der Waals surface area contributed by atoms with Gasteiger partial charge >= 0.3 is 6.18 Å². The van der Waals surface area contributed by atoms with Crippen molar-refractivity contribution >= 4 is 0 Å². The first-order valence-corrected chi connectivity index (χ1v) is 6.98. The van der Waals surface area contributed by atoms with Crippen LogP contribution in [0.4, 0.5) is 13.2 Å². The van der Waals surface area contributed by atoms with E-state index in [0.717, 1.165) is 18.5 Å². The van der Waals surface area contributed by atoms with Crippen LogP contribution in [0.2, 0.25) is 0 Å². The molecule has 1 aromatic rings. The van der Waals surface area contributed by atoms with Crippen LogP contribution in [0.3, 0.4) is 0 Å². The van der Waals surface area contributed by atoms with Crippen LogP contribution in [0, 0.1) is 0 Å². The topological polar surface area (TPSA) is 30.5 Å². The largest absolute Gasteiger partial charge is 0.493 e. The molecule has 0 radical (unpaired) electrons. The van der Waals surface area contributed by atoms with E-state index in [4.69, 9.17) is 9.47 Å². The number of alkyl halides is 3. The SMILES string of the molecule is CCCNC(C)c1ccc(OCCC(F)(F)F)c(OC)c1. The molecule has 1 N–H and O–H groups in total. The van der Waals surface area contributed by atoms with Crippen LogP contribution < -0.4 is 14.8 Å². The van der Waals surface area contributed by atoms with E-state index in [-0.39, 0.29) is 6.04 Å². The van der Waals surface area contributed by atoms with Crippen molar-refractivity contribution in [2.45, 2.75) is 38.9 Å². The van der Waals surface area contributed by atoms with Crippen LogP contribution in [0.15, 0.2) is 18.2 Å². The Labute approximate surface area is 123 Å². The van der Waals surface area contributed by atoms with Gasteiger partial charge in [0.25, 0.3) is 0 Å². The van der Waals surface area contributed by atoms with Crippen LogP contribution >= 0.6 is 0 Å². The molecule has 1 aromatic carbocycles. The number of hydrogen-bond acceptors (Lipinski definition) is 3. The van der Waals surface area contributed by atoms with Gasteiger partial charge in [-0.25, -0.2) is 0 Å². The summed E-state index contributed by atoms with van der Waals surface area (Å²) < 4.78 is 46.7. The Bertz CT molecular complexity index is 435. The van der Waals surface area contributed by atoms with E-state index in [2.05, 4.69) is 12.2 Å². The zero-order chi connectivity index (χ0) is 15.9. The summed E-state index contributed by atoms with van der Waals surface area (Å²) in [6, 6.07) is 5.41. The van der Waals surface area contributed by atoms with Crippen molar-refractivity contribution in [3.05, 3.63) is 23.8 Å². The molecular formula is C15H22F3NO2. The van der Waals surface area contributed by atoms with Gasteiger partial charge in [-0.2, -0.15) is 13.2 Å². The molecule has 0 saturated heterocycles. The number of nitrogens with one attached hydrogen (secondary N) is 1. The molecule has 1 rings (SSSR count). The van der Waals surface area contributed by atoms with Gasteiger partial charge in [0.2, 0.25) is 0 Å². The van der Waals surface area contributed by atoms with Crippen LogP contribution in [-0.4, -0.2) is 26.4 Å². The highest BCUT2D eigenvalue weighted by Crippen LogP contribution is 2.31. The van der Waals surface area contributed by atoms with Gasteiger partial charge in [-0.1, -0.05) is 13.0 Å². The van der Waals surface area contributed by atoms with Gasteiger partial charge < -0.3 is 14.8 Å². The number of methoxy groups -OCH3 is 1. The highest BCUT2D eigenvalue weighted by Gasteiger charge is 2.27. The third-order valence-electron chi connectivity index (χ3n) is 3.03. The maximum atomic E-state index is 12.1.